The quantitative estimate of drug-likeness (QED) is 0.503. The summed E-state index contributed by atoms with van der Waals surface area (Å²) in [7, 11) is 0. The van der Waals surface area contributed by atoms with Crippen LogP contribution in [0.1, 0.15) is 40.7 Å². The molecular weight excluding hydrogens is 404 g/mol. The van der Waals surface area contributed by atoms with Crippen molar-refractivity contribution in [1.82, 2.24) is 4.90 Å². The summed E-state index contributed by atoms with van der Waals surface area (Å²) >= 11 is 6.04. The molecule has 2 aliphatic rings. The van der Waals surface area contributed by atoms with E-state index in [0.717, 1.165) is 31.5 Å². The van der Waals surface area contributed by atoms with Crippen molar-refractivity contribution in [3.63, 3.8) is 0 Å². The van der Waals surface area contributed by atoms with Gasteiger partial charge in [0.1, 0.15) is 6.61 Å². The lowest BCUT2D eigenvalue weighted by Crippen LogP contribution is -2.51. The Hall–Kier alpha value is -2.44. The molecule has 2 heterocycles. The first-order chi connectivity index (χ1) is 14.4. The highest BCUT2D eigenvalue weighted by Crippen LogP contribution is 2.43. The number of piperidine rings is 1. The molecule has 0 radical (unpaired) electrons. The maximum atomic E-state index is 13.9. The molecule has 0 aliphatic carbocycles. The van der Waals surface area contributed by atoms with E-state index in [1.54, 1.807) is 13.0 Å². The van der Waals surface area contributed by atoms with Crippen molar-refractivity contribution >= 4 is 23.1 Å². The highest BCUT2D eigenvalue weighted by Gasteiger charge is 2.47. The minimum Gasteiger partial charge on any atom is -0.485 e. The van der Waals surface area contributed by atoms with Crippen LogP contribution in [0.15, 0.2) is 36.4 Å². The highest BCUT2D eigenvalue weighted by molar-refractivity contribution is 6.30. The number of nitrogens with zero attached hydrogens (tertiary/aromatic N) is 2. The van der Waals surface area contributed by atoms with E-state index in [1.165, 1.54) is 12.5 Å². The van der Waals surface area contributed by atoms with E-state index in [4.69, 9.17) is 16.3 Å². The van der Waals surface area contributed by atoms with Crippen LogP contribution in [0.4, 0.5) is 5.69 Å². The third-order valence-corrected chi connectivity index (χ3v) is 6.31. The second-order valence-electron chi connectivity index (χ2n) is 8.46. The third-order valence-electron chi connectivity index (χ3n) is 6.06. The van der Waals surface area contributed by atoms with Gasteiger partial charge in [-0.1, -0.05) is 30.2 Å². The van der Waals surface area contributed by atoms with Crippen molar-refractivity contribution in [3.05, 3.63) is 68.2 Å². The molecule has 30 heavy (non-hydrogen) atoms. The fourth-order valence-electron chi connectivity index (χ4n) is 4.61. The van der Waals surface area contributed by atoms with Gasteiger partial charge < -0.3 is 9.64 Å². The van der Waals surface area contributed by atoms with E-state index in [1.807, 2.05) is 24.3 Å². The second-order valence-corrected chi connectivity index (χ2v) is 8.89. The molecule has 6 nitrogen and oxygen atoms in total. The zero-order chi connectivity index (χ0) is 21.3. The van der Waals surface area contributed by atoms with Crippen LogP contribution in [0.5, 0.6) is 5.75 Å². The Morgan fingerprint density at radius 1 is 1.17 bits per heavy atom. The zero-order valence-corrected chi connectivity index (χ0v) is 17.8. The average Bonchev–Trinajstić information content (AvgIpc) is 2.73. The molecule has 4 rings (SSSR count). The Morgan fingerprint density at radius 3 is 2.53 bits per heavy atom. The highest BCUT2D eigenvalue weighted by atomic mass is 35.5. The number of benzene rings is 2. The molecule has 0 unspecified atom stereocenters. The van der Waals surface area contributed by atoms with Gasteiger partial charge in [-0.15, -0.1) is 0 Å². The minimum atomic E-state index is -0.792. The van der Waals surface area contributed by atoms with Gasteiger partial charge in [0.15, 0.2) is 5.78 Å². The summed E-state index contributed by atoms with van der Waals surface area (Å²) in [5.41, 5.74) is 1.06. The van der Waals surface area contributed by atoms with E-state index in [2.05, 4.69) is 4.90 Å². The summed E-state index contributed by atoms with van der Waals surface area (Å²) in [6.45, 7) is 4.38. The number of aryl methyl sites for hydroxylation is 1. The van der Waals surface area contributed by atoms with Crippen molar-refractivity contribution in [2.75, 3.05) is 26.2 Å². The van der Waals surface area contributed by atoms with Gasteiger partial charge in [-0.2, -0.15) is 0 Å². The van der Waals surface area contributed by atoms with Crippen LogP contribution < -0.4 is 4.74 Å². The van der Waals surface area contributed by atoms with Crippen molar-refractivity contribution in [3.8, 4) is 5.75 Å². The first kappa shape index (κ1) is 20.8. The number of hydrogen-bond donors (Lipinski definition) is 0. The van der Waals surface area contributed by atoms with Crippen molar-refractivity contribution in [2.24, 2.45) is 5.41 Å². The monoisotopic (exact) mass is 428 g/mol. The van der Waals surface area contributed by atoms with Crippen LogP contribution in [0, 0.1) is 22.5 Å². The molecule has 7 heteroatoms. The van der Waals surface area contributed by atoms with Gasteiger partial charge in [-0.3, -0.25) is 14.9 Å². The van der Waals surface area contributed by atoms with E-state index in [0.29, 0.717) is 29.1 Å². The predicted molar refractivity (Wildman–Crippen MR) is 116 cm³/mol. The van der Waals surface area contributed by atoms with Crippen LogP contribution in [-0.4, -0.2) is 41.8 Å². The molecule has 0 aromatic heterocycles. The summed E-state index contributed by atoms with van der Waals surface area (Å²) in [4.78, 5) is 27.2. The number of nitro benzene ring substituents is 1. The Labute approximate surface area is 180 Å². The third kappa shape index (κ3) is 4.07. The fourth-order valence-corrected chi connectivity index (χ4v) is 4.74. The molecule has 0 spiro atoms. The second kappa shape index (κ2) is 8.36. The summed E-state index contributed by atoms with van der Waals surface area (Å²) < 4.78 is 5.98. The molecule has 1 fully saturated rings. The molecule has 1 atom stereocenters. The molecule has 0 N–H and O–H groups in total. The molecule has 0 bridgehead atoms. The first-order valence-corrected chi connectivity index (χ1v) is 10.7. The summed E-state index contributed by atoms with van der Waals surface area (Å²) in [5.74, 6) is 0.0250. The summed E-state index contributed by atoms with van der Waals surface area (Å²) in [6, 6.07) is 10.7. The molecule has 0 amide bonds. The van der Waals surface area contributed by atoms with E-state index in [9.17, 15) is 14.9 Å². The number of rotatable bonds is 5. The molecule has 2 aliphatic heterocycles. The first-order valence-electron chi connectivity index (χ1n) is 10.3. The molecular formula is C23H25ClN2O4. The Kier molecular flexibility index (Phi) is 5.80. The van der Waals surface area contributed by atoms with Gasteiger partial charge in [-0.05, 0) is 68.6 Å². The SMILES string of the molecule is Cc1cc2c(c([N+](=O)[O-])c1)OC[C@@](Cc1ccc(Cl)cc1)(CN1CCCCC1)C2=O. The normalized spacial score (nSPS) is 21.7. The van der Waals surface area contributed by atoms with Crippen LogP contribution in [0.3, 0.4) is 0 Å². The van der Waals surface area contributed by atoms with E-state index in [-0.39, 0.29) is 23.8 Å². The molecule has 2 aromatic carbocycles. The van der Waals surface area contributed by atoms with Crippen molar-refractivity contribution < 1.29 is 14.5 Å². The van der Waals surface area contributed by atoms with Crippen LogP contribution in [-0.2, 0) is 6.42 Å². The van der Waals surface area contributed by atoms with Crippen LogP contribution in [0.25, 0.3) is 0 Å². The zero-order valence-electron chi connectivity index (χ0n) is 17.0. The van der Waals surface area contributed by atoms with Gasteiger partial charge in [0, 0.05) is 17.6 Å². The standard InChI is InChI=1S/C23H25ClN2O4/c1-16-11-19-21(20(12-16)26(28)29)30-15-23(22(19)27,14-25-9-3-2-4-10-25)13-17-5-7-18(24)8-6-17/h5-8,11-12H,2-4,9-10,13-15H2,1H3/t23-/m1/s1. The molecule has 1 saturated heterocycles. The number of hydrogen-bond acceptors (Lipinski definition) is 5. The number of ether oxygens (including phenoxy) is 1. The van der Waals surface area contributed by atoms with Gasteiger partial charge in [0.25, 0.3) is 0 Å². The van der Waals surface area contributed by atoms with Crippen molar-refractivity contribution in [1.29, 1.82) is 0 Å². The minimum absolute atomic E-state index is 0.0731. The predicted octanol–water partition coefficient (Wildman–Crippen LogP) is 4.85. The number of halogens is 1. The Bertz CT molecular complexity index is 970. The number of carbonyl (C=O) groups is 1. The molecule has 0 saturated carbocycles. The lowest BCUT2D eigenvalue weighted by Gasteiger charge is -2.41. The number of nitro groups is 1. The summed E-state index contributed by atoms with van der Waals surface area (Å²) in [5, 5.41) is 12.2. The maximum Gasteiger partial charge on any atom is 0.311 e. The molecule has 2 aromatic rings. The number of carbonyl (C=O) groups excluding carboxylic acids is 1. The van der Waals surface area contributed by atoms with Gasteiger partial charge in [0.05, 0.1) is 15.9 Å². The van der Waals surface area contributed by atoms with E-state index < -0.39 is 10.3 Å². The van der Waals surface area contributed by atoms with E-state index >= 15 is 0 Å². The van der Waals surface area contributed by atoms with Crippen molar-refractivity contribution in [2.45, 2.75) is 32.6 Å². The Morgan fingerprint density at radius 2 is 1.87 bits per heavy atom. The van der Waals surface area contributed by atoms with Crippen LogP contribution in [0.2, 0.25) is 5.02 Å². The largest absolute Gasteiger partial charge is 0.485 e. The lowest BCUT2D eigenvalue weighted by atomic mass is 9.73. The average molecular weight is 429 g/mol. The molecule has 158 valence electrons. The number of fused-ring (bicyclic) bond motifs is 1. The lowest BCUT2D eigenvalue weighted by molar-refractivity contribution is -0.386. The number of likely N-dealkylation sites (tertiary alicyclic amines) is 1. The summed E-state index contributed by atoms with van der Waals surface area (Å²) in [6.07, 6.45) is 3.94. The smallest absolute Gasteiger partial charge is 0.311 e. The topological polar surface area (TPSA) is 72.7 Å². The van der Waals surface area contributed by atoms with Gasteiger partial charge in [-0.25, -0.2) is 0 Å². The number of Topliss-reactive ketones (excluding diaryl/α,β-unsaturated/α-hetero) is 1. The van der Waals surface area contributed by atoms with Gasteiger partial charge in [0.2, 0.25) is 5.75 Å². The fraction of sp³-hybridized carbons (Fsp3) is 0.435. The maximum absolute atomic E-state index is 13.9. The van der Waals surface area contributed by atoms with Crippen LogP contribution >= 0.6 is 11.6 Å². The van der Waals surface area contributed by atoms with Gasteiger partial charge >= 0.3 is 5.69 Å². The number of ketones is 1. The Balaban J connectivity index is 1.75.